The summed E-state index contributed by atoms with van der Waals surface area (Å²) in [6.45, 7) is 0.633. The van der Waals surface area contributed by atoms with Crippen molar-refractivity contribution in [2.75, 3.05) is 13.2 Å². The van der Waals surface area contributed by atoms with Gasteiger partial charge in [0.15, 0.2) is 0 Å². The lowest BCUT2D eigenvalue weighted by molar-refractivity contribution is -0.162. The number of carbonyl (C=O) groups excluding carboxylic acids is 1. The highest BCUT2D eigenvalue weighted by atomic mass is 16.5. The zero-order valence-corrected chi connectivity index (χ0v) is 10.6. The smallest absolute Gasteiger partial charge is 0.319 e. The second-order valence-corrected chi connectivity index (χ2v) is 4.66. The number of aliphatic carboxylic acids is 1. The molecule has 0 saturated heterocycles. The molecule has 0 aromatic heterocycles. The van der Waals surface area contributed by atoms with E-state index in [1.165, 1.54) is 0 Å². The Bertz CT molecular complexity index is 454. The molecule has 0 aliphatic heterocycles. The van der Waals surface area contributed by atoms with Crippen LogP contribution in [0.3, 0.4) is 0 Å². The highest BCUT2D eigenvalue weighted by molar-refractivity contribution is 6.02. The van der Waals surface area contributed by atoms with E-state index in [0.29, 0.717) is 26.0 Å². The average molecular weight is 263 g/mol. The van der Waals surface area contributed by atoms with E-state index < -0.39 is 17.3 Å². The molecule has 5 heteroatoms. The van der Waals surface area contributed by atoms with Gasteiger partial charge in [-0.3, -0.25) is 9.59 Å². The Hall–Kier alpha value is -2.04. The van der Waals surface area contributed by atoms with Crippen molar-refractivity contribution in [2.45, 2.75) is 19.3 Å². The second kappa shape index (κ2) is 5.73. The summed E-state index contributed by atoms with van der Waals surface area (Å²) in [5, 5.41) is 11.7. The van der Waals surface area contributed by atoms with E-state index in [9.17, 15) is 9.59 Å². The Morgan fingerprint density at radius 3 is 2.47 bits per heavy atom. The number of carboxylic acids is 1. The van der Waals surface area contributed by atoms with Crippen LogP contribution in [0.2, 0.25) is 0 Å². The minimum absolute atomic E-state index is 0.308. The molecule has 0 spiro atoms. The summed E-state index contributed by atoms with van der Waals surface area (Å²) in [6, 6.07) is 9.27. The number of para-hydroxylation sites is 1. The second-order valence-electron chi connectivity index (χ2n) is 4.66. The summed E-state index contributed by atoms with van der Waals surface area (Å²) < 4.78 is 5.42. The molecular formula is C14H17NO4. The fourth-order valence-corrected chi connectivity index (χ4v) is 2.09. The first kappa shape index (κ1) is 13.4. The molecule has 102 valence electrons. The van der Waals surface area contributed by atoms with E-state index in [4.69, 9.17) is 9.84 Å². The van der Waals surface area contributed by atoms with Gasteiger partial charge in [0.25, 0.3) is 0 Å². The number of carbonyl (C=O) groups is 2. The molecule has 2 N–H and O–H groups in total. The predicted octanol–water partition coefficient (Wildman–Crippen LogP) is 1.44. The molecule has 1 amide bonds. The van der Waals surface area contributed by atoms with E-state index >= 15 is 0 Å². The Kier molecular flexibility index (Phi) is 4.04. The van der Waals surface area contributed by atoms with Crippen LogP contribution >= 0.6 is 0 Å². The Morgan fingerprint density at radius 1 is 1.26 bits per heavy atom. The van der Waals surface area contributed by atoms with E-state index in [1.807, 2.05) is 30.3 Å². The lowest BCUT2D eigenvalue weighted by Crippen LogP contribution is -2.51. The van der Waals surface area contributed by atoms with Gasteiger partial charge in [-0.25, -0.2) is 0 Å². The van der Waals surface area contributed by atoms with Crippen LogP contribution in [0.4, 0.5) is 0 Å². The molecule has 1 aliphatic rings. The van der Waals surface area contributed by atoms with Crippen molar-refractivity contribution in [3.63, 3.8) is 0 Å². The largest absolute Gasteiger partial charge is 0.492 e. The van der Waals surface area contributed by atoms with Gasteiger partial charge in [0.2, 0.25) is 5.91 Å². The van der Waals surface area contributed by atoms with Crippen molar-refractivity contribution in [1.29, 1.82) is 0 Å². The fourth-order valence-electron chi connectivity index (χ4n) is 2.09. The number of ether oxygens (including phenoxy) is 1. The van der Waals surface area contributed by atoms with Crippen LogP contribution in [-0.4, -0.2) is 30.1 Å². The molecular weight excluding hydrogens is 246 g/mol. The molecule has 1 aromatic carbocycles. The Morgan fingerprint density at radius 2 is 1.95 bits per heavy atom. The maximum Gasteiger partial charge on any atom is 0.319 e. The van der Waals surface area contributed by atoms with Gasteiger partial charge in [0, 0.05) is 0 Å². The third kappa shape index (κ3) is 2.86. The summed E-state index contributed by atoms with van der Waals surface area (Å²) >= 11 is 0. The van der Waals surface area contributed by atoms with Crippen LogP contribution in [0.1, 0.15) is 19.3 Å². The van der Waals surface area contributed by atoms with Gasteiger partial charge in [0.05, 0.1) is 6.54 Å². The monoisotopic (exact) mass is 263 g/mol. The number of hydrogen-bond acceptors (Lipinski definition) is 3. The summed E-state index contributed by atoms with van der Waals surface area (Å²) in [6.07, 6.45) is 1.64. The van der Waals surface area contributed by atoms with Crippen LogP contribution < -0.4 is 10.1 Å². The lowest BCUT2D eigenvalue weighted by atomic mass is 9.68. The number of rotatable bonds is 6. The van der Waals surface area contributed by atoms with Gasteiger partial charge in [-0.05, 0) is 25.0 Å². The third-order valence-electron chi connectivity index (χ3n) is 3.45. The number of hydrogen-bond donors (Lipinski definition) is 2. The molecule has 0 bridgehead atoms. The summed E-state index contributed by atoms with van der Waals surface area (Å²) in [5.74, 6) is -0.698. The minimum atomic E-state index is -1.20. The molecule has 2 rings (SSSR count). The zero-order valence-electron chi connectivity index (χ0n) is 10.6. The molecule has 0 atom stereocenters. The van der Waals surface area contributed by atoms with Crippen molar-refractivity contribution >= 4 is 11.9 Å². The third-order valence-corrected chi connectivity index (χ3v) is 3.45. The van der Waals surface area contributed by atoms with Crippen LogP contribution in [0.5, 0.6) is 5.75 Å². The van der Waals surface area contributed by atoms with Gasteiger partial charge >= 0.3 is 5.97 Å². The van der Waals surface area contributed by atoms with E-state index in [2.05, 4.69) is 5.32 Å². The van der Waals surface area contributed by atoms with Gasteiger partial charge in [0.1, 0.15) is 17.8 Å². The minimum Gasteiger partial charge on any atom is -0.492 e. The highest BCUT2D eigenvalue weighted by Crippen LogP contribution is 2.41. The van der Waals surface area contributed by atoms with Crippen molar-refractivity contribution in [2.24, 2.45) is 5.41 Å². The predicted molar refractivity (Wildman–Crippen MR) is 68.9 cm³/mol. The number of amides is 1. The van der Waals surface area contributed by atoms with Crippen molar-refractivity contribution in [3.05, 3.63) is 30.3 Å². The Balaban J connectivity index is 1.74. The van der Waals surface area contributed by atoms with Crippen molar-refractivity contribution < 1.29 is 19.4 Å². The number of nitrogens with one attached hydrogen (secondary N) is 1. The van der Waals surface area contributed by atoms with E-state index in [0.717, 1.165) is 12.2 Å². The molecule has 1 aliphatic carbocycles. The van der Waals surface area contributed by atoms with Crippen LogP contribution in [0.15, 0.2) is 30.3 Å². The van der Waals surface area contributed by atoms with Gasteiger partial charge in [-0.2, -0.15) is 0 Å². The standard InChI is InChI=1S/C14H17NO4/c16-12(14(13(17)18)7-4-8-14)15-9-10-19-11-5-2-1-3-6-11/h1-3,5-6H,4,7-10H2,(H,15,16)(H,17,18). The normalized spacial score (nSPS) is 16.2. The van der Waals surface area contributed by atoms with E-state index in [1.54, 1.807) is 0 Å². The summed E-state index contributed by atoms with van der Waals surface area (Å²) in [7, 11) is 0. The maximum absolute atomic E-state index is 11.9. The molecule has 19 heavy (non-hydrogen) atoms. The topological polar surface area (TPSA) is 75.6 Å². The molecule has 5 nitrogen and oxygen atoms in total. The molecule has 1 saturated carbocycles. The summed E-state index contributed by atoms with van der Waals surface area (Å²) in [5.41, 5.74) is -1.20. The number of carboxylic acid groups (broad SMARTS) is 1. The SMILES string of the molecule is O=C(O)C1(C(=O)NCCOc2ccccc2)CCC1. The van der Waals surface area contributed by atoms with Gasteiger partial charge in [-0.15, -0.1) is 0 Å². The summed E-state index contributed by atoms with van der Waals surface area (Å²) in [4.78, 5) is 23.0. The molecule has 0 unspecified atom stereocenters. The van der Waals surface area contributed by atoms with Crippen LogP contribution in [0.25, 0.3) is 0 Å². The van der Waals surface area contributed by atoms with E-state index in [-0.39, 0.29) is 0 Å². The van der Waals surface area contributed by atoms with Gasteiger partial charge in [-0.1, -0.05) is 24.6 Å². The highest BCUT2D eigenvalue weighted by Gasteiger charge is 2.50. The zero-order chi connectivity index (χ0) is 13.7. The van der Waals surface area contributed by atoms with Crippen LogP contribution in [-0.2, 0) is 9.59 Å². The van der Waals surface area contributed by atoms with Crippen molar-refractivity contribution in [3.8, 4) is 5.75 Å². The average Bonchev–Trinajstić information content (AvgIpc) is 2.34. The first-order chi connectivity index (χ1) is 9.15. The lowest BCUT2D eigenvalue weighted by Gasteiger charge is -2.35. The van der Waals surface area contributed by atoms with Crippen LogP contribution in [0, 0.1) is 5.41 Å². The first-order valence-electron chi connectivity index (χ1n) is 6.35. The quantitative estimate of drug-likeness (QED) is 0.601. The first-order valence-corrected chi connectivity index (χ1v) is 6.35. The Labute approximate surface area is 111 Å². The maximum atomic E-state index is 11.9. The molecule has 0 radical (unpaired) electrons. The molecule has 0 heterocycles. The van der Waals surface area contributed by atoms with Crippen molar-refractivity contribution in [1.82, 2.24) is 5.32 Å². The number of benzene rings is 1. The van der Waals surface area contributed by atoms with Gasteiger partial charge < -0.3 is 15.2 Å². The fraction of sp³-hybridized carbons (Fsp3) is 0.429. The molecule has 1 aromatic rings. The molecule has 1 fully saturated rings.